The van der Waals surface area contributed by atoms with Gasteiger partial charge in [-0.2, -0.15) is 0 Å². The van der Waals surface area contributed by atoms with Crippen molar-refractivity contribution < 1.29 is 9.53 Å². The van der Waals surface area contributed by atoms with Crippen LogP contribution in [-0.4, -0.2) is 13.1 Å². The van der Waals surface area contributed by atoms with E-state index in [0.717, 1.165) is 5.56 Å². The van der Waals surface area contributed by atoms with Crippen molar-refractivity contribution in [2.45, 2.75) is 19.3 Å². The van der Waals surface area contributed by atoms with Crippen molar-refractivity contribution in [3.8, 4) is 0 Å². The van der Waals surface area contributed by atoms with E-state index < -0.39 is 0 Å². The summed E-state index contributed by atoms with van der Waals surface area (Å²) in [5.74, 6) is -0.0568. The van der Waals surface area contributed by atoms with Crippen LogP contribution in [0.3, 0.4) is 0 Å². The van der Waals surface area contributed by atoms with Crippen molar-refractivity contribution in [3.63, 3.8) is 0 Å². The van der Waals surface area contributed by atoms with Gasteiger partial charge in [-0.3, -0.25) is 4.79 Å². The summed E-state index contributed by atoms with van der Waals surface area (Å²) in [5.41, 5.74) is 1.06. The van der Waals surface area contributed by atoms with Crippen molar-refractivity contribution in [2.75, 3.05) is 7.11 Å². The Kier molecular flexibility index (Phi) is 3.96. The van der Waals surface area contributed by atoms with E-state index in [4.69, 9.17) is 11.6 Å². The number of rotatable bonds is 3. The molecule has 2 nitrogen and oxygen atoms in total. The van der Waals surface area contributed by atoms with Gasteiger partial charge in [0.25, 0.3) is 0 Å². The molecule has 0 aliphatic carbocycles. The number of hydrogen-bond donors (Lipinski definition) is 0. The molecule has 0 aromatic heterocycles. The fourth-order valence-corrected chi connectivity index (χ4v) is 1.46. The summed E-state index contributed by atoms with van der Waals surface area (Å²) < 4.78 is 4.60. The van der Waals surface area contributed by atoms with E-state index >= 15 is 0 Å². The zero-order chi connectivity index (χ0) is 10.6. The number of benzene rings is 1. The minimum atomic E-state index is -0.197. The van der Waals surface area contributed by atoms with Gasteiger partial charge >= 0.3 is 5.97 Å². The van der Waals surface area contributed by atoms with Gasteiger partial charge in [-0.05, 0) is 23.6 Å². The Morgan fingerprint density at radius 1 is 1.57 bits per heavy atom. The molecule has 0 saturated carbocycles. The molecular weight excluding hydrogens is 200 g/mol. The standard InChI is InChI=1S/C11H13ClO2/c1-8(6-11(13)14-2)9-4-3-5-10(12)7-9/h3-5,7-8H,6H2,1-2H3. The van der Waals surface area contributed by atoms with Crippen LogP contribution in [0.1, 0.15) is 24.8 Å². The predicted octanol–water partition coefficient (Wildman–Crippen LogP) is 3.01. The molecule has 0 N–H and O–H groups in total. The fraction of sp³-hybridized carbons (Fsp3) is 0.364. The Bertz CT molecular complexity index is 323. The summed E-state index contributed by atoms with van der Waals surface area (Å²) in [6, 6.07) is 7.52. The highest BCUT2D eigenvalue weighted by Gasteiger charge is 2.11. The second-order valence-corrected chi connectivity index (χ2v) is 3.67. The van der Waals surface area contributed by atoms with Gasteiger partial charge in [-0.25, -0.2) is 0 Å². The Labute approximate surface area is 88.8 Å². The number of carbonyl (C=O) groups excluding carboxylic acids is 1. The molecule has 0 spiro atoms. The van der Waals surface area contributed by atoms with E-state index in [0.29, 0.717) is 11.4 Å². The highest BCUT2D eigenvalue weighted by molar-refractivity contribution is 6.30. The van der Waals surface area contributed by atoms with Gasteiger partial charge in [0.05, 0.1) is 13.5 Å². The fourth-order valence-electron chi connectivity index (χ4n) is 1.26. The maximum absolute atomic E-state index is 11.0. The lowest BCUT2D eigenvalue weighted by Gasteiger charge is -2.10. The van der Waals surface area contributed by atoms with E-state index in [1.54, 1.807) is 0 Å². The van der Waals surface area contributed by atoms with Crippen LogP contribution in [0.25, 0.3) is 0 Å². The number of halogens is 1. The molecule has 1 unspecified atom stereocenters. The Morgan fingerprint density at radius 2 is 2.29 bits per heavy atom. The summed E-state index contributed by atoms with van der Waals surface area (Å²) in [6.45, 7) is 1.97. The molecule has 0 aliphatic rings. The van der Waals surface area contributed by atoms with Gasteiger partial charge < -0.3 is 4.74 Å². The Balaban J connectivity index is 2.69. The summed E-state index contributed by atoms with van der Waals surface area (Å²) in [4.78, 5) is 11.0. The summed E-state index contributed by atoms with van der Waals surface area (Å²) in [5, 5.41) is 0.694. The number of hydrogen-bond acceptors (Lipinski definition) is 2. The summed E-state index contributed by atoms with van der Waals surface area (Å²) in [7, 11) is 1.40. The first-order chi connectivity index (χ1) is 6.63. The molecule has 0 fully saturated rings. The second kappa shape index (κ2) is 5.01. The maximum Gasteiger partial charge on any atom is 0.306 e. The zero-order valence-corrected chi connectivity index (χ0v) is 9.04. The van der Waals surface area contributed by atoms with Gasteiger partial charge in [-0.15, -0.1) is 0 Å². The minimum Gasteiger partial charge on any atom is -0.469 e. The third-order valence-electron chi connectivity index (χ3n) is 2.12. The molecule has 1 atom stereocenters. The lowest BCUT2D eigenvalue weighted by atomic mass is 9.98. The molecule has 0 aliphatic heterocycles. The van der Waals surface area contributed by atoms with Crippen LogP contribution in [0, 0.1) is 0 Å². The van der Waals surface area contributed by atoms with E-state index in [1.807, 2.05) is 31.2 Å². The van der Waals surface area contributed by atoms with E-state index in [2.05, 4.69) is 4.74 Å². The van der Waals surface area contributed by atoms with Crippen LogP contribution >= 0.6 is 11.6 Å². The number of carbonyl (C=O) groups is 1. The molecule has 1 rings (SSSR count). The third-order valence-corrected chi connectivity index (χ3v) is 2.35. The van der Waals surface area contributed by atoms with Crippen LogP contribution in [0.4, 0.5) is 0 Å². The minimum absolute atomic E-state index is 0.140. The normalized spacial score (nSPS) is 12.2. The SMILES string of the molecule is COC(=O)CC(C)c1cccc(Cl)c1. The van der Waals surface area contributed by atoms with Crippen LogP contribution in [0.15, 0.2) is 24.3 Å². The van der Waals surface area contributed by atoms with Crippen molar-refractivity contribution >= 4 is 17.6 Å². The first kappa shape index (κ1) is 11.1. The molecule has 3 heteroatoms. The molecule has 0 heterocycles. The van der Waals surface area contributed by atoms with Crippen molar-refractivity contribution in [1.82, 2.24) is 0 Å². The second-order valence-electron chi connectivity index (χ2n) is 3.24. The quantitative estimate of drug-likeness (QED) is 0.720. The third kappa shape index (κ3) is 3.04. The molecule has 1 aromatic rings. The Hall–Kier alpha value is -1.02. The maximum atomic E-state index is 11.0. The van der Waals surface area contributed by atoms with Crippen LogP contribution in [0.2, 0.25) is 5.02 Å². The van der Waals surface area contributed by atoms with Crippen LogP contribution < -0.4 is 0 Å². The average molecular weight is 213 g/mol. The average Bonchev–Trinajstić information content (AvgIpc) is 2.17. The zero-order valence-electron chi connectivity index (χ0n) is 8.29. The van der Waals surface area contributed by atoms with Gasteiger partial charge in [-0.1, -0.05) is 30.7 Å². The molecule has 0 bridgehead atoms. The van der Waals surface area contributed by atoms with Crippen molar-refractivity contribution in [1.29, 1.82) is 0 Å². The van der Waals surface area contributed by atoms with Crippen LogP contribution in [0.5, 0.6) is 0 Å². The molecule has 14 heavy (non-hydrogen) atoms. The number of esters is 1. The van der Waals surface area contributed by atoms with Gasteiger partial charge in [0.2, 0.25) is 0 Å². The molecule has 0 saturated heterocycles. The summed E-state index contributed by atoms with van der Waals surface area (Å²) in [6.07, 6.45) is 0.386. The van der Waals surface area contributed by atoms with Gasteiger partial charge in [0, 0.05) is 5.02 Å². The first-order valence-corrected chi connectivity index (χ1v) is 4.83. The lowest BCUT2D eigenvalue weighted by molar-refractivity contribution is -0.140. The van der Waals surface area contributed by atoms with E-state index in [1.165, 1.54) is 7.11 Å². The van der Waals surface area contributed by atoms with Crippen LogP contribution in [-0.2, 0) is 9.53 Å². The number of methoxy groups -OCH3 is 1. The van der Waals surface area contributed by atoms with E-state index in [-0.39, 0.29) is 11.9 Å². The summed E-state index contributed by atoms with van der Waals surface area (Å²) >= 11 is 5.84. The highest BCUT2D eigenvalue weighted by atomic mass is 35.5. The molecule has 76 valence electrons. The number of ether oxygens (including phenoxy) is 1. The largest absolute Gasteiger partial charge is 0.469 e. The van der Waals surface area contributed by atoms with Crippen molar-refractivity contribution in [2.24, 2.45) is 0 Å². The molecule has 0 amide bonds. The lowest BCUT2D eigenvalue weighted by Crippen LogP contribution is -2.05. The molecule has 1 aromatic carbocycles. The molecule has 0 radical (unpaired) electrons. The molecular formula is C11H13ClO2. The van der Waals surface area contributed by atoms with Crippen molar-refractivity contribution in [3.05, 3.63) is 34.9 Å². The Morgan fingerprint density at radius 3 is 2.86 bits per heavy atom. The van der Waals surface area contributed by atoms with Gasteiger partial charge in [0.15, 0.2) is 0 Å². The van der Waals surface area contributed by atoms with E-state index in [9.17, 15) is 4.79 Å². The van der Waals surface area contributed by atoms with Gasteiger partial charge in [0.1, 0.15) is 0 Å². The monoisotopic (exact) mass is 212 g/mol. The smallest absolute Gasteiger partial charge is 0.306 e. The topological polar surface area (TPSA) is 26.3 Å². The first-order valence-electron chi connectivity index (χ1n) is 4.45. The highest BCUT2D eigenvalue weighted by Crippen LogP contribution is 2.22. The predicted molar refractivity (Wildman–Crippen MR) is 56.5 cm³/mol.